The third-order valence-electron chi connectivity index (χ3n) is 6.52. The van der Waals surface area contributed by atoms with E-state index in [4.69, 9.17) is 18.9 Å². The van der Waals surface area contributed by atoms with Crippen LogP contribution in [0, 0.1) is 0 Å². The summed E-state index contributed by atoms with van der Waals surface area (Å²) < 4.78 is 16.0. The van der Waals surface area contributed by atoms with Crippen LogP contribution in [0.5, 0.6) is 11.5 Å². The minimum Gasteiger partial charge on any atom is -0.467 e. The molecule has 0 aliphatic carbocycles. The maximum absolute atomic E-state index is 13.6. The van der Waals surface area contributed by atoms with Crippen LogP contribution >= 0.6 is 11.8 Å². The van der Waals surface area contributed by atoms with E-state index < -0.39 is 11.3 Å². The second kappa shape index (κ2) is 10.9. The van der Waals surface area contributed by atoms with Crippen molar-refractivity contribution in [3.8, 4) is 11.5 Å². The van der Waals surface area contributed by atoms with Gasteiger partial charge in [-0.1, -0.05) is 30.8 Å². The summed E-state index contributed by atoms with van der Waals surface area (Å²) in [7, 11) is 0. The van der Waals surface area contributed by atoms with Crippen LogP contribution in [0.15, 0.2) is 75.3 Å². The van der Waals surface area contributed by atoms with E-state index in [1.165, 1.54) is 22.9 Å². The number of anilines is 1. The molecule has 6 rings (SSSR count). The van der Waals surface area contributed by atoms with Crippen molar-refractivity contribution in [2.24, 2.45) is 9.98 Å². The number of fused-ring (bicyclic) bond motifs is 4. The van der Waals surface area contributed by atoms with Crippen LogP contribution in [0.25, 0.3) is 0 Å². The summed E-state index contributed by atoms with van der Waals surface area (Å²) >= 11 is 1.19. The summed E-state index contributed by atoms with van der Waals surface area (Å²) in [5.41, 5.74) is 1.91. The van der Waals surface area contributed by atoms with Crippen molar-refractivity contribution in [1.29, 1.82) is 0 Å². The predicted molar refractivity (Wildman–Crippen MR) is 149 cm³/mol. The highest BCUT2D eigenvalue weighted by molar-refractivity contribution is 8.15. The van der Waals surface area contributed by atoms with E-state index in [1.807, 2.05) is 31.2 Å². The third kappa shape index (κ3) is 5.05. The van der Waals surface area contributed by atoms with Gasteiger partial charge >= 0.3 is 0 Å². The summed E-state index contributed by atoms with van der Waals surface area (Å²) in [5, 5.41) is 5.46. The number of rotatable bonds is 8. The number of ether oxygens (including phenoxy) is 2. The van der Waals surface area contributed by atoms with Crippen LogP contribution < -0.4 is 20.1 Å². The van der Waals surface area contributed by atoms with Crippen molar-refractivity contribution in [3.63, 3.8) is 0 Å². The number of thioether (sulfide) groups is 1. The number of hydrogen-bond donors (Lipinski definition) is 2. The van der Waals surface area contributed by atoms with Gasteiger partial charge in [0.15, 0.2) is 16.7 Å². The molecule has 3 amide bonds. The molecule has 2 unspecified atom stereocenters. The average Bonchev–Trinajstić information content (AvgIpc) is 3.71. The number of nitrogens with zero attached hydrogens (tertiary/aromatic N) is 3. The Balaban J connectivity index is 1.19. The molecule has 3 aromatic rings. The molecule has 0 spiro atoms. The molecule has 40 heavy (non-hydrogen) atoms. The molecule has 0 saturated heterocycles. The van der Waals surface area contributed by atoms with Crippen LogP contribution in [0.3, 0.4) is 0 Å². The molecule has 4 heterocycles. The van der Waals surface area contributed by atoms with Gasteiger partial charge in [0.2, 0.25) is 18.6 Å². The Kier molecular flexibility index (Phi) is 6.99. The number of para-hydroxylation sites is 1. The second-order valence-corrected chi connectivity index (χ2v) is 10.4. The number of benzene rings is 2. The number of carbonyl (C=O) groups excluding carboxylic acids is 3. The standard InChI is InChI=1S/C28H25N5O6S/c1-2-23(26(35)30-16-9-10-21-22(12-16)39-15-38-21)40-28-32-19-8-4-3-7-18(19)25-31-20(27(36)33(25)28)13-24(34)29-14-17-6-5-11-37-17/h3-12,20,23H,2,13-15H2,1H3,(H,29,34)(H,30,35). The highest BCUT2D eigenvalue weighted by atomic mass is 32.2. The van der Waals surface area contributed by atoms with Crippen LogP contribution in [0.1, 0.15) is 31.1 Å². The fourth-order valence-electron chi connectivity index (χ4n) is 4.51. The van der Waals surface area contributed by atoms with Crippen molar-refractivity contribution in [2.45, 2.75) is 37.6 Å². The number of amidine groups is 2. The van der Waals surface area contributed by atoms with Crippen molar-refractivity contribution in [2.75, 3.05) is 12.1 Å². The smallest absolute Gasteiger partial charge is 0.259 e. The molecule has 0 bridgehead atoms. The number of hydrogen-bond acceptors (Lipinski definition) is 9. The lowest BCUT2D eigenvalue weighted by Gasteiger charge is -2.27. The quantitative estimate of drug-likeness (QED) is 0.428. The highest BCUT2D eigenvalue weighted by Gasteiger charge is 2.43. The first-order valence-electron chi connectivity index (χ1n) is 12.8. The molecule has 3 aliphatic rings. The monoisotopic (exact) mass is 559 g/mol. The molecule has 1 aromatic heterocycles. The minimum absolute atomic E-state index is 0.124. The average molecular weight is 560 g/mol. The summed E-state index contributed by atoms with van der Waals surface area (Å²) in [4.78, 5) is 50.2. The molecule has 12 heteroatoms. The summed E-state index contributed by atoms with van der Waals surface area (Å²) in [5.74, 6) is 1.29. The Morgan fingerprint density at radius 1 is 1.12 bits per heavy atom. The number of carbonyl (C=O) groups is 3. The van der Waals surface area contributed by atoms with E-state index in [9.17, 15) is 14.4 Å². The van der Waals surface area contributed by atoms with Crippen molar-refractivity contribution in [3.05, 3.63) is 72.2 Å². The van der Waals surface area contributed by atoms with E-state index >= 15 is 0 Å². The molecule has 0 radical (unpaired) electrons. The lowest BCUT2D eigenvalue weighted by Crippen LogP contribution is -2.43. The maximum atomic E-state index is 13.6. The summed E-state index contributed by atoms with van der Waals surface area (Å²) in [6.45, 7) is 2.25. The SMILES string of the molecule is CCC(SC1=Nc2ccccc2C2=NC(CC(=O)NCc3ccco3)C(=O)N12)C(=O)Nc1ccc2c(c1)OCO2. The van der Waals surface area contributed by atoms with Crippen molar-refractivity contribution in [1.82, 2.24) is 10.2 Å². The summed E-state index contributed by atoms with van der Waals surface area (Å²) in [6, 6.07) is 15.1. The van der Waals surface area contributed by atoms with Gasteiger partial charge in [0, 0.05) is 17.3 Å². The first-order chi connectivity index (χ1) is 19.5. The number of furan rings is 1. The molecule has 0 fully saturated rings. The Morgan fingerprint density at radius 3 is 2.80 bits per heavy atom. The lowest BCUT2D eigenvalue weighted by atomic mass is 10.1. The van der Waals surface area contributed by atoms with Gasteiger partial charge in [-0.05, 0) is 42.8 Å². The van der Waals surface area contributed by atoms with Crippen LogP contribution in [0.4, 0.5) is 11.4 Å². The van der Waals surface area contributed by atoms with Gasteiger partial charge in [-0.2, -0.15) is 0 Å². The molecular formula is C28H25N5O6S. The van der Waals surface area contributed by atoms with Crippen LogP contribution in [0.2, 0.25) is 0 Å². The van der Waals surface area contributed by atoms with Crippen molar-refractivity contribution >= 4 is 51.9 Å². The van der Waals surface area contributed by atoms with Gasteiger partial charge in [-0.3, -0.25) is 19.4 Å². The molecule has 2 N–H and O–H groups in total. The molecular weight excluding hydrogens is 534 g/mol. The number of nitrogens with one attached hydrogen (secondary N) is 2. The predicted octanol–water partition coefficient (Wildman–Crippen LogP) is 3.82. The Bertz CT molecular complexity index is 1540. The molecule has 204 valence electrons. The first-order valence-corrected chi connectivity index (χ1v) is 13.6. The Hall–Kier alpha value is -4.58. The zero-order chi connectivity index (χ0) is 27.6. The van der Waals surface area contributed by atoms with Gasteiger partial charge in [0.1, 0.15) is 17.6 Å². The fourth-order valence-corrected chi connectivity index (χ4v) is 5.53. The number of amides is 3. The first kappa shape index (κ1) is 25.7. The van der Waals surface area contributed by atoms with Crippen LogP contribution in [-0.2, 0) is 20.9 Å². The van der Waals surface area contributed by atoms with Gasteiger partial charge < -0.3 is 24.5 Å². The Labute approximate surface area is 233 Å². The topological polar surface area (TPSA) is 135 Å². The second-order valence-electron chi connectivity index (χ2n) is 9.19. The zero-order valence-corrected chi connectivity index (χ0v) is 22.3. The normalized spacial score (nSPS) is 17.5. The maximum Gasteiger partial charge on any atom is 0.259 e. The molecule has 2 atom stereocenters. The zero-order valence-electron chi connectivity index (χ0n) is 21.5. The van der Waals surface area contributed by atoms with Gasteiger partial charge in [-0.15, -0.1) is 0 Å². The van der Waals surface area contributed by atoms with Gasteiger partial charge in [0.25, 0.3) is 5.91 Å². The Morgan fingerprint density at radius 2 is 1.98 bits per heavy atom. The third-order valence-corrected chi connectivity index (χ3v) is 7.83. The summed E-state index contributed by atoms with van der Waals surface area (Å²) in [6.07, 6.45) is 1.89. The van der Waals surface area contributed by atoms with Gasteiger partial charge in [-0.25, -0.2) is 9.89 Å². The van der Waals surface area contributed by atoms with Crippen molar-refractivity contribution < 1.29 is 28.3 Å². The molecule has 3 aliphatic heterocycles. The van der Waals surface area contributed by atoms with E-state index in [-0.39, 0.29) is 37.5 Å². The molecule has 2 aromatic carbocycles. The highest BCUT2D eigenvalue weighted by Crippen LogP contribution is 2.37. The van der Waals surface area contributed by atoms with E-state index in [0.717, 1.165) is 0 Å². The fraction of sp³-hybridized carbons (Fsp3) is 0.250. The largest absolute Gasteiger partial charge is 0.467 e. The molecule has 0 saturated carbocycles. The van der Waals surface area contributed by atoms with Crippen LogP contribution in [-0.4, -0.2) is 51.7 Å². The van der Waals surface area contributed by atoms with E-state index in [0.29, 0.717) is 51.6 Å². The van der Waals surface area contributed by atoms with E-state index in [2.05, 4.69) is 15.6 Å². The lowest BCUT2D eigenvalue weighted by molar-refractivity contribution is -0.128. The van der Waals surface area contributed by atoms with Gasteiger partial charge in [0.05, 0.1) is 30.2 Å². The van der Waals surface area contributed by atoms with E-state index in [1.54, 1.807) is 30.3 Å². The molecule has 11 nitrogen and oxygen atoms in total. The number of aliphatic imine (C=N–C) groups is 2. The minimum atomic E-state index is -0.911.